The van der Waals surface area contributed by atoms with Gasteiger partial charge in [0.1, 0.15) is 5.78 Å². The van der Waals surface area contributed by atoms with Crippen LogP contribution in [0.1, 0.15) is 63.0 Å². The lowest BCUT2D eigenvalue weighted by molar-refractivity contribution is -0.123. The predicted molar refractivity (Wildman–Crippen MR) is 113 cm³/mol. The number of Topliss-reactive ketones (excluding diaryl/α,β-unsaturated/α-hetero) is 1. The molecule has 0 amide bonds. The molecule has 1 saturated heterocycles. The van der Waals surface area contributed by atoms with Gasteiger partial charge < -0.3 is 4.90 Å². The number of nitrogens with zero attached hydrogens (tertiary/aromatic N) is 1. The molecule has 0 N–H and O–H groups in total. The zero-order valence-corrected chi connectivity index (χ0v) is 16.7. The van der Waals surface area contributed by atoms with Gasteiger partial charge in [0.15, 0.2) is 0 Å². The summed E-state index contributed by atoms with van der Waals surface area (Å²) in [7, 11) is 0. The van der Waals surface area contributed by atoms with Crippen molar-refractivity contribution in [1.29, 1.82) is 0 Å². The van der Waals surface area contributed by atoms with Crippen LogP contribution in [-0.4, -0.2) is 30.3 Å². The summed E-state index contributed by atoms with van der Waals surface area (Å²) in [6, 6.07) is 20.9. The van der Waals surface area contributed by atoms with Gasteiger partial charge in [-0.25, -0.2) is 0 Å². The maximum atomic E-state index is 13.5. The highest BCUT2D eigenvalue weighted by molar-refractivity contribution is 5.93. The van der Waals surface area contributed by atoms with Crippen molar-refractivity contribution in [2.24, 2.45) is 0 Å². The minimum Gasteiger partial charge on any atom is -0.303 e. The Bertz CT molecular complexity index is 649. The molecule has 0 bridgehead atoms. The van der Waals surface area contributed by atoms with E-state index in [1.807, 2.05) is 12.1 Å². The molecule has 0 unspecified atom stereocenters. The van der Waals surface area contributed by atoms with E-state index in [0.717, 1.165) is 36.9 Å². The summed E-state index contributed by atoms with van der Waals surface area (Å²) in [6.45, 7) is 5.63. The number of ketones is 1. The molecule has 0 saturated carbocycles. The number of rotatable bonds is 9. The van der Waals surface area contributed by atoms with Crippen LogP contribution in [0.15, 0.2) is 60.7 Å². The number of likely N-dealkylation sites (tertiary alicyclic amines) is 1. The molecule has 1 heterocycles. The lowest BCUT2D eigenvalue weighted by Crippen LogP contribution is -2.39. The molecule has 0 spiro atoms. The van der Waals surface area contributed by atoms with Gasteiger partial charge in [-0.3, -0.25) is 4.79 Å². The van der Waals surface area contributed by atoms with E-state index in [1.54, 1.807) is 0 Å². The van der Waals surface area contributed by atoms with Crippen LogP contribution in [0.2, 0.25) is 0 Å². The second kappa shape index (κ2) is 9.85. The van der Waals surface area contributed by atoms with Gasteiger partial charge in [0.05, 0.1) is 5.41 Å². The van der Waals surface area contributed by atoms with E-state index in [4.69, 9.17) is 0 Å². The lowest BCUT2D eigenvalue weighted by atomic mass is 9.67. The van der Waals surface area contributed by atoms with Crippen LogP contribution < -0.4 is 0 Å². The van der Waals surface area contributed by atoms with Crippen molar-refractivity contribution in [3.63, 3.8) is 0 Å². The van der Waals surface area contributed by atoms with Crippen molar-refractivity contribution in [2.75, 3.05) is 19.6 Å². The maximum Gasteiger partial charge on any atom is 0.147 e. The van der Waals surface area contributed by atoms with Crippen molar-refractivity contribution in [2.45, 2.75) is 57.3 Å². The lowest BCUT2D eigenvalue weighted by Gasteiger charge is -2.35. The van der Waals surface area contributed by atoms with Crippen LogP contribution in [0.5, 0.6) is 0 Å². The molecule has 2 heteroatoms. The van der Waals surface area contributed by atoms with Gasteiger partial charge in [-0.05, 0) is 62.9 Å². The van der Waals surface area contributed by atoms with E-state index in [1.165, 1.54) is 32.4 Å². The SMILES string of the molecule is CCCC(=O)C(CCCN1CCCCC1)(c1ccccc1)c1ccccc1. The third kappa shape index (κ3) is 4.68. The minimum atomic E-state index is -0.520. The van der Waals surface area contributed by atoms with Crippen LogP contribution >= 0.6 is 0 Å². The van der Waals surface area contributed by atoms with E-state index < -0.39 is 5.41 Å². The quantitative estimate of drug-likeness (QED) is 0.577. The van der Waals surface area contributed by atoms with Crippen molar-refractivity contribution in [3.8, 4) is 0 Å². The zero-order valence-electron chi connectivity index (χ0n) is 16.7. The predicted octanol–water partition coefficient (Wildman–Crippen LogP) is 5.61. The minimum absolute atomic E-state index is 0.362. The van der Waals surface area contributed by atoms with E-state index in [2.05, 4.69) is 60.4 Å². The van der Waals surface area contributed by atoms with Crippen molar-refractivity contribution < 1.29 is 4.79 Å². The highest BCUT2D eigenvalue weighted by Crippen LogP contribution is 2.39. The highest BCUT2D eigenvalue weighted by Gasteiger charge is 2.40. The fraction of sp³-hybridized carbons (Fsp3) is 0.480. The molecule has 1 aliphatic heterocycles. The average molecular weight is 364 g/mol. The molecule has 1 aliphatic rings. The summed E-state index contributed by atoms with van der Waals surface area (Å²) < 4.78 is 0. The summed E-state index contributed by atoms with van der Waals surface area (Å²) in [5, 5.41) is 0. The van der Waals surface area contributed by atoms with Gasteiger partial charge in [-0.15, -0.1) is 0 Å². The number of hydrogen-bond acceptors (Lipinski definition) is 2. The van der Waals surface area contributed by atoms with E-state index in [0.29, 0.717) is 12.2 Å². The first-order chi connectivity index (χ1) is 13.3. The molecule has 0 aliphatic carbocycles. The van der Waals surface area contributed by atoms with E-state index >= 15 is 0 Å². The fourth-order valence-electron chi connectivity index (χ4n) is 4.55. The standard InChI is InChI=1S/C25H33NO/c1-2-13-24(27)25(22-14-6-3-7-15-22,23-16-8-4-9-17-23)18-12-21-26-19-10-5-11-20-26/h3-4,6-9,14-17H,2,5,10-13,18-21H2,1H3. The third-order valence-electron chi connectivity index (χ3n) is 5.96. The van der Waals surface area contributed by atoms with Crippen LogP contribution in [0, 0.1) is 0 Å². The Morgan fingerprint density at radius 3 is 1.96 bits per heavy atom. The third-order valence-corrected chi connectivity index (χ3v) is 5.96. The Hall–Kier alpha value is -1.93. The Morgan fingerprint density at radius 1 is 0.889 bits per heavy atom. The second-order valence-electron chi connectivity index (χ2n) is 7.82. The first-order valence-corrected chi connectivity index (χ1v) is 10.6. The fourth-order valence-corrected chi connectivity index (χ4v) is 4.55. The number of carbonyl (C=O) groups excluding carboxylic acids is 1. The molecular formula is C25H33NO. The highest BCUT2D eigenvalue weighted by atomic mass is 16.1. The van der Waals surface area contributed by atoms with E-state index in [-0.39, 0.29) is 0 Å². The van der Waals surface area contributed by atoms with Gasteiger partial charge >= 0.3 is 0 Å². The van der Waals surface area contributed by atoms with Crippen LogP contribution in [-0.2, 0) is 10.2 Å². The summed E-state index contributed by atoms with van der Waals surface area (Å²) in [6.07, 6.45) is 7.47. The summed E-state index contributed by atoms with van der Waals surface area (Å²) in [4.78, 5) is 16.1. The Labute approximate surface area is 164 Å². The molecule has 0 aromatic heterocycles. The smallest absolute Gasteiger partial charge is 0.147 e. The van der Waals surface area contributed by atoms with Gasteiger partial charge in [-0.2, -0.15) is 0 Å². The summed E-state index contributed by atoms with van der Waals surface area (Å²) in [5.41, 5.74) is 1.77. The summed E-state index contributed by atoms with van der Waals surface area (Å²) >= 11 is 0. The monoisotopic (exact) mass is 363 g/mol. The molecule has 0 radical (unpaired) electrons. The first-order valence-electron chi connectivity index (χ1n) is 10.6. The molecule has 2 aromatic rings. The Morgan fingerprint density at radius 2 is 1.44 bits per heavy atom. The topological polar surface area (TPSA) is 20.3 Å². The molecule has 3 rings (SSSR count). The van der Waals surface area contributed by atoms with Crippen LogP contribution in [0.3, 0.4) is 0 Å². The molecule has 27 heavy (non-hydrogen) atoms. The zero-order chi connectivity index (χ0) is 19.0. The molecule has 2 aromatic carbocycles. The van der Waals surface area contributed by atoms with Gasteiger partial charge in [0.25, 0.3) is 0 Å². The number of benzene rings is 2. The Kier molecular flexibility index (Phi) is 7.23. The molecular weight excluding hydrogens is 330 g/mol. The number of carbonyl (C=O) groups is 1. The average Bonchev–Trinajstić information content (AvgIpc) is 2.73. The molecule has 1 fully saturated rings. The van der Waals surface area contributed by atoms with Gasteiger partial charge in [0, 0.05) is 6.42 Å². The van der Waals surface area contributed by atoms with Crippen molar-refractivity contribution in [3.05, 3.63) is 71.8 Å². The largest absolute Gasteiger partial charge is 0.303 e. The molecule has 2 nitrogen and oxygen atoms in total. The molecule has 0 atom stereocenters. The van der Waals surface area contributed by atoms with Crippen LogP contribution in [0.4, 0.5) is 0 Å². The number of hydrogen-bond donors (Lipinski definition) is 0. The Balaban J connectivity index is 1.91. The first kappa shape index (κ1) is 19.8. The second-order valence-corrected chi connectivity index (χ2v) is 7.82. The van der Waals surface area contributed by atoms with Crippen molar-refractivity contribution >= 4 is 5.78 Å². The maximum absolute atomic E-state index is 13.5. The number of piperidine rings is 1. The van der Waals surface area contributed by atoms with Crippen molar-refractivity contribution in [1.82, 2.24) is 4.90 Å². The normalized spacial score (nSPS) is 15.6. The summed E-state index contributed by atoms with van der Waals surface area (Å²) in [5.74, 6) is 0.362. The molecule has 144 valence electrons. The van der Waals surface area contributed by atoms with Gasteiger partial charge in [0.2, 0.25) is 0 Å². The van der Waals surface area contributed by atoms with Gasteiger partial charge in [-0.1, -0.05) is 74.0 Å². The van der Waals surface area contributed by atoms with E-state index in [9.17, 15) is 4.79 Å². The van der Waals surface area contributed by atoms with Crippen LogP contribution in [0.25, 0.3) is 0 Å².